The molecule has 0 atom stereocenters. The second-order valence-electron chi connectivity index (χ2n) is 9.52. The fourth-order valence-corrected chi connectivity index (χ4v) is 5.30. The molecule has 6 N–H and O–H groups in total. The van der Waals surface area contributed by atoms with Gasteiger partial charge in [0.05, 0.1) is 10.7 Å². The second-order valence-corrected chi connectivity index (χ2v) is 10.9. The van der Waals surface area contributed by atoms with E-state index in [1.54, 1.807) is 36.4 Å². The van der Waals surface area contributed by atoms with Crippen LogP contribution in [0, 0.1) is 5.41 Å². The minimum absolute atomic E-state index is 0.111. The minimum atomic E-state index is -0.857. The standard InChI is InChI=1S/C25H26ClN9O3S/c1-25(13-27)8-11-34(12-9-25)24-31-19(28)22(32-33-24)39-15-6-4-5-14(18(15)26)29-20(36)17-21(37)30-16-7-2-3-10-35(16)23(17)38/h2-7,10,37H,8-9,11-13,27H2,1H3,(H,29,36)(H2,28,31,33). The molecule has 0 unspecified atom stereocenters. The van der Waals surface area contributed by atoms with Gasteiger partial charge >= 0.3 is 0 Å². The Balaban J connectivity index is 1.34. The molecular formula is C25H26ClN9O3S. The number of piperidine rings is 1. The fourth-order valence-electron chi connectivity index (χ4n) is 4.23. The Labute approximate surface area is 232 Å². The highest BCUT2D eigenvalue weighted by molar-refractivity contribution is 7.99. The van der Waals surface area contributed by atoms with E-state index in [4.69, 9.17) is 23.1 Å². The summed E-state index contributed by atoms with van der Waals surface area (Å²) in [4.78, 5) is 36.7. The van der Waals surface area contributed by atoms with Gasteiger partial charge in [0.1, 0.15) is 5.65 Å². The Morgan fingerprint density at radius 3 is 2.67 bits per heavy atom. The lowest BCUT2D eigenvalue weighted by Crippen LogP contribution is -2.43. The summed E-state index contributed by atoms with van der Waals surface area (Å²) in [5.41, 5.74) is 11.4. The molecule has 202 valence electrons. The predicted octanol–water partition coefficient (Wildman–Crippen LogP) is 2.79. The van der Waals surface area contributed by atoms with Gasteiger partial charge in [-0.2, -0.15) is 9.97 Å². The molecule has 1 aromatic carbocycles. The minimum Gasteiger partial charge on any atom is -0.493 e. The van der Waals surface area contributed by atoms with Gasteiger partial charge in [-0.25, -0.2) is 0 Å². The van der Waals surface area contributed by atoms with Crippen LogP contribution in [0.3, 0.4) is 0 Å². The number of nitrogens with two attached hydrogens (primary N) is 2. The largest absolute Gasteiger partial charge is 0.493 e. The molecule has 1 aliphatic heterocycles. The van der Waals surface area contributed by atoms with Gasteiger partial charge in [0.2, 0.25) is 11.8 Å². The van der Waals surface area contributed by atoms with E-state index in [1.165, 1.54) is 10.6 Å². The van der Waals surface area contributed by atoms with E-state index in [1.807, 2.05) is 4.90 Å². The number of amides is 1. The number of nitrogen functional groups attached to an aromatic ring is 1. The number of benzene rings is 1. The highest BCUT2D eigenvalue weighted by Crippen LogP contribution is 2.39. The van der Waals surface area contributed by atoms with Gasteiger partial charge in [-0.05, 0) is 49.1 Å². The molecule has 0 bridgehead atoms. The van der Waals surface area contributed by atoms with Crippen LogP contribution in [0.1, 0.15) is 30.1 Å². The smallest absolute Gasteiger partial charge is 0.274 e. The van der Waals surface area contributed by atoms with Crippen LogP contribution in [0.4, 0.5) is 17.5 Å². The average Bonchev–Trinajstić information content (AvgIpc) is 2.92. The topological polar surface area (TPSA) is 178 Å². The number of aromatic nitrogens is 5. The van der Waals surface area contributed by atoms with Crippen molar-refractivity contribution in [3.05, 3.63) is 63.5 Å². The molecule has 4 heterocycles. The lowest BCUT2D eigenvalue weighted by Gasteiger charge is -2.38. The Kier molecular flexibility index (Phi) is 7.30. The van der Waals surface area contributed by atoms with Crippen molar-refractivity contribution in [2.75, 3.05) is 35.6 Å². The quantitative estimate of drug-likeness (QED) is 0.269. The molecular weight excluding hydrogens is 542 g/mol. The van der Waals surface area contributed by atoms with Crippen molar-refractivity contribution in [1.82, 2.24) is 24.6 Å². The number of nitrogens with one attached hydrogen (secondary N) is 1. The van der Waals surface area contributed by atoms with E-state index in [2.05, 4.69) is 32.4 Å². The lowest BCUT2D eigenvalue weighted by atomic mass is 9.81. The second kappa shape index (κ2) is 10.7. The number of anilines is 3. The fraction of sp³-hybridized carbons (Fsp3) is 0.280. The summed E-state index contributed by atoms with van der Waals surface area (Å²) in [7, 11) is 0. The van der Waals surface area contributed by atoms with Crippen LogP contribution in [0.2, 0.25) is 5.02 Å². The number of fused-ring (bicyclic) bond motifs is 1. The molecule has 3 aromatic heterocycles. The Morgan fingerprint density at radius 2 is 1.95 bits per heavy atom. The number of carbonyl (C=O) groups excluding carboxylic acids is 1. The zero-order valence-electron chi connectivity index (χ0n) is 21.0. The molecule has 0 aliphatic carbocycles. The predicted molar refractivity (Wildman–Crippen MR) is 150 cm³/mol. The number of hydrogen-bond donors (Lipinski definition) is 4. The maximum Gasteiger partial charge on any atom is 0.274 e. The van der Waals surface area contributed by atoms with Crippen molar-refractivity contribution in [1.29, 1.82) is 0 Å². The third kappa shape index (κ3) is 5.33. The van der Waals surface area contributed by atoms with Gasteiger partial charge in [0, 0.05) is 24.2 Å². The van der Waals surface area contributed by atoms with Crippen LogP contribution in [0.25, 0.3) is 5.65 Å². The summed E-state index contributed by atoms with van der Waals surface area (Å²) in [5.74, 6) is -0.883. The first-order valence-electron chi connectivity index (χ1n) is 12.1. The molecule has 12 nitrogen and oxygen atoms in total. The number of carbonyl (C=O) groups is 1. The van der Waals surface area contributed by atoms with E-state index >= 15 is 0 Å². The van der Waals surface area contributed by atoms with Crippen molar-refractivity contribution < 1.29 is 9.90 Å². The molecule has 1 aliphatic rings. The van der Waals surface area contributed by atoms with Crippen LogP contribution in [-0.4, -0.2) is 55.2 Å². The molecule has 0 radical (unpaired) electrons. The third-order valence-electron chi connectivity index (χ3n) is 6.78. The molecule has 14 heteroatoms. The summed E-state index contributed by atoms with van der Waals surface area (Å²) in [6, 6.07) is 9.78. The molecule has 1 saturated heterocycles. The lowest BCUT2D eigenvalue weighted by molar-refractivity contribution is 0.102. The van der Waals surface area contributed by atoms with Crippen molar-refractivity contribution in [3.63, 3.8) is 0 Å². The maximum atomic E-state index is 13.0. The Morgan fingerprint density at radius 1 is 1.18 bits per heavy atom. The SMILES string of the molecule is CC1(CN)CCN(c2nnc(Sc3cccc(NC(=O)c4c(O)nc5ccccn5c4=O)c3Cl)c(N)n2)CC1. The first-order chi connectivity index (χ1) is 18.7. The normalized spacial score (nSPS) is 14.9. The van der Waals surface area contributed by atoms with E-state index < -0.39 is 22.9 Å². The van der Waals surface area contributed by atoms with E-state index in [9.17, 15) is 14.7 Å². The monoisotopic (exact) mass is 567 g/mol. The number of nitrogens with zero attached hydrogens (tertiary/aromatic N) is 6. The molecule has 0 saturated carbocycles. The molecule has 1 amide bonds. The summed E-state index contributed by atoms with van der Waals surface area (Å²) >= 11 is 7.72. The van der Waals surface area contributed by atoms with Gasteiger partial charge < -0.3 is 26.8 Å². The van der Waals surface area contributed by atoms with E-state index in [-0.39, 0.29) is 27.6 Å². The third-order valence-corrected chi connectivity index (χ3v) is 8.34. The molecule has 1 fully saturated rings. The Hall–Kier alpha value is -3.94. The summed E-state index contributed by atoms with van der Waals surface area (Å²) in [6.45, 7) is 4.34. The van der Waals surface area contributed by atoms with Gasteiger partial charge in [0.25, 0.3) is 11.5 Å². The maximum absolute atomic E-state index is 13.0. The van der Waals surface area contributed by atoms with Gasteiger partial charge in [-0.3, -0.25) is 14.0 Å². The molecule has 39 heavy (non-hydrogen) atoms. The van der Waals surface area contributed by atoms with Crippen molar-refractivity contribution in [2.45, 2.75) is 29.7 Å². The van der Waals surface area contributed by atoms with Crippen LogP contribution in [0.15, 0.2) is 57.3 Å². The number of hydrogen-bond acceptors (Lipinski definition) is 11. The number of pyridine rings is 1. The molecule has 4 aromatic rings. The number of rotatable bonds is 6. The van der Waals surface area contributed by atoms with Gasteiger partial charge in [-0.15, -0.1) is 10.2 Å². The van der Waals surface area contributed by atoms with Gasteiger partial charge in [-0.1, -0.05) is 42.4 Å². The molecule has 0 spiro atoms. The first-order valence-corrected chi connectivity index (χ1v) is 13.3. The zero-order valence-corrected chi connectivity index (χ0v) is 22.5. The van der Waals surface area contributed by atoms with E-state index in [0.717, 1.165) is 37.7 Å². The average molecular weight is 568 g/mol. The van der Waals surface area contributed by atoms with Gasteiger partial charge in [0.15, 0.2) is 16.4 Å². The summed E-state index contributed by atoms with van der Waals surface area (Å²) < 4.78 is 1.17. The van der Waals surface area contributed by atoms with Crippen molar-refractivity contribution in [2.24, 2.45) is 11.1 Å². The number of halogens is 1. The van der Waals surface area contributed by atoms with Crippen molar-refractivity contribution >= 4 is 52.4 Å². The first kappa shape index (κ1) is 26.7. The van der Waals surface area contributed by atoms with Crippen molar-refractivity contribution in [3.8, 4) is 5.88 Å². The highest BCUT2D eigenvalue weighted by Gasteiger charge is 2.30. The van der Waals surface area contributed by atoms with E-state index in [0.29, 0.717) is 22.4 Å². The number of aromatic hydroxyl groups is 1. The van der Waals surface area contributed by atoms with Crippen LogP contribution >= 0.6 is 23.4 Å². The molecule has 5 rings (SSSR count). The van der Waals surface area contributed by atoms with Crippen LogP contribution in [-0.2, 0) is 0 Å². The summed E-state index contributed by atoms with van der Waals surface area (Å²) in [6.07, 6.45) is 3.31. The van der Waals surface area contributed by atoms with Crippen LogP contribution < -0.4 is 27.2 Å². The zero-order chi connectivity index (χ0) is 27.7. The summed E-state index contributed by atoms with van der Waals surface area (Å²) in [5, 5.41) is 21.9. The van der Waals surface area contributed by atoms with Crippen LogP contribution in [0.5, 0.6) is 5.88 Å². The Bertz CT molecular complexity index is 1620. The highest BCUT2D eigenvalue weighted by atomic mass is 35.5.